The van der Waals surface area contributed by atoms with Crippen molar-refractivity contribution in [2.75, 3.05) is 11.9 Å². The molecular formula is C26H21BrClN5O5. The maximum atomic E-state index is 13.2. The Hall–Kier alpha value is -4.09. The highest BCUT2D eigenvalue weighted by molar-refractivity contribution is 9.10. The molecule has 0 aliphatic carbocycles. The molecule has 4 aromatic rings. The second-order valence-corrected chi connectivity index (χ2v) is 9.43. The molecule has 0 fully saturated rings. The number of nitrogens with zero attached hydrogens (tertiary/aromatic N) is 4. The Morgan fingerprint density at radius 1 is 1.24 bits per heavy atom. The van der Waals surface area contributed by atoms with Gasteiger partial charge in [0.05, 0.1) is 27.1 Å². The number of para-hydroxylation sites is 1. The zero-order valence-electron chi connectivity index (χ0n) is 20.1. The van der Waals surface area contributed by atoms with Gasteiger partial charge in [-0.05, 0) is 42.8 Å². The van der Waals surface area contributed by atoms with Crippen LogP contribution < -0.4 is 15.6 Å². The summed E-state index contributed by atoms with van der Waals surface area (Å²) in [5, 5.41) is 19.0. The first-order valence-electron chi connectivity index (χ1n) is 11.5. The average molecular weight is 599 g/mol. The fourth-order valence-corrected chi connectivity index (χ4v) is 4.27. The molecule has 1 amide bonds. The summed E-state index contributed by atoms with van der Waals surface area (Å²) in [6.45, 7) is 1.46. The first-order chi connectivity index (χ1) is 18.3. The highest BCUT2D eigenvalue weighted by Gasteiger charge is 2.21. The number of carbonyl (C=O) groups excluding carboxylic acids is 1. The summed E-state index contributed by atoms with van der Waals surface area (Å²) in [5.74, 6) is -0.308. The number of hydrogen-bond donors (Lipinski definition) is 1. The molecule has 12 heteroatoms. The molecule has 4 rings (SSSR count). The average Bonchev–Trinajstić information content (AvgIpc) is 2.88. The molecule has 0 atom stereocenters. The maximum absolute atomic E-state index is 13.2. The minimum Gasteiger partial charge on any atom is -0.476 e. The molecule has 0 saturated carbocycles. The van der Waals surface area contributed by atoms with E-state index in [2.05, 4.69) is 31.3 Å². The number of aryl methyl sites for hydroxylation is 1. The van der Waals surface area contributed by atoms with Crippen molar-refractivity contribution in [1.82, 2.24) is 9.66 Å². The Balaban J connectivity index is 1.63. The van der Waals surface area contributed by atoms with Gasteiger partial charge in [0.15, 0.2) is 6.61 Å². The molecule has 38 heavy (non-hydrogen) atoms. The molecule has 0 unspecified atom stereocenters. The molecule has 0 spiro atoms. The molecule has 0 bridgehead atoms. The number of amides is 1. The minimum absolute atomic E-state index is 0.0881. The van der Waals surface area contributed by atoms with E-state index >= 15 is 0 Å². The van der Waals surface area contributed by atoms with Gasteiger partial charge in [-0.3, -0.25) is 19.7 Å². The van der Waals surface area contributed by atoms with E-state index in [0.29, 0.717) is 28.8 Å². The second kappa shape index (κ2) is 12.0. The molecule has 0 aliphatic heterocycles. The van der Waals surface area contributed by atoms with Gasteiger partial charge >= 0.3 is 5.69 Å². The Bertz CT molecular complexity index is 1610. The molecule has 1 heterocycles. The third-order valence-electron chi connectivity index (χ3n) is 5.32. The second-order valence-electron chi connectivity index (χ2n) is 8.11. The van der Waals surface area contributed by atoms with Crippen molar-refractivity contribution in [3.05, 3.63) is 102 Å². The normalized spacial score (nSPS) is 11.1. The summed E-state index contributed by atoms with van der Waals surface area (Å²) < 4.78 is 7.31. The third-order valence-corrected chi connectivity index (χ3v) is 6.09. The molecular weight excluding hydrogens is 578 g/mol. The standard InChI is InChI=1S/C26H21BrClN5O5/c1-2-6-23-31-21-10-9-17(27)13-19(21)26(35)32(23)29-14-16-11-20(28)25(22(12-16)33(36)37)38-15-24(34)30-18-7-4-3-5-8-18/h3-5,7-14H,2,6,15H2,1H3,(H,30,34). The van der Waals surface area contributed by atoms with Crippen LogP contribution >= 0.6 is 27.5 Å². The molecule has 3 aromatic carbocycles. The molecule has 0 radical (unpaired) electrons. The summed E-state index contributed by atoms with van der Waals surface area (Å²) in [7, 11) is 0. The van der Waals surface area contributed by atoms with Crippen LogP contribution in [0.15, 0.2) is 75.0 Å². The van der Waals surface area contributed by atoms with Crippen LogP contribution in [-0.2, 0) is 11.2 Å². The number of anilines is 1. The molecule has 0 aliphatic rings. The van der Waals surface area contributed by atoms with E-state index in [1.54, 1.807) is 48.5 Å². The van der Waals surface area contributed by atoms with Crippen molar-refractivity contribution in [2.24, 2.45) is 5.10 Å². The molecule has 1 aromatic heterocycles. The number of nitrogens with one attached hydrogen (secondary N) is 1. The number of hydrogen-bond acceptors (Lipinski definition) is 7. The molecule has 194 valence electrons. The largest absolute Gasteiger partial charge is 0.476 e. The van der Waals surface area contributed by atoms with Crippen LogP contribution in [0.5, 0.6) is 5.75 Å². The van der Waals surface area contributed by atoms with Crippen LogP contribution in [0, 0.1) is 10.1 Å². The smallest absolute Gasteiger partial charge is 0.313 e. The zero-order chi connectivity index (χ0) is 27.2. The number of aromatic nitrogens is 2. The lowest BCUT2D eigenvalue weighted by atomic mass is 10.2. The van der Waals surface area contributed by atoms with E-state index in [9.17, 15) is 19.7 Å². The third kappa shape index (κ3) is 6.24. The predicted molar refractivity (Wildman–Crippen MR) is 149 cm³/mol. The first-order valence-corrected chi connectivity index (χ1v) is 12.6. The van der Waals surface area contributed by atoms with E-state index < -0.39 is 23.1 Å². The number of carbonyl (C=O) groups is 1. The van der Waals surface area contributed by atoms with Gasteiger partial charge in [-0.25, -0.2) is 4.98 Å². The fourth-order valence-electron chi connectivity index (χ4n) is 3.63. The number of ether oxygens (including phenoxy) is 1. The summed E-state index contributed by atoms with van der Waals surface area (Å²) in [4.78, 5) is 41.0. The van der Waals surface area contributed by atoms with E-state index in [4.69, 9.17) is 16.3 Å². The Labute approximate surface area is 230 Å². The highest BCUT2D eigenvalue weighted by atomic mass is 79.9. The van der Waals surface area contributed by atoms with Gasteiger partial charge in [0, 0.05) is 28.2 Å². The summed E-state index contributed by atoms with van der Waals surface area (Å²) >= 11 is 9.66. The van der Waals surface area contributed by atoms with Gasteiger partial charge in [-0.2, -0.15) is 9.78 Å². The topological polar surface area (TPSA) is 129 Å². The summed E-state index contributed by atoms with van der Waals surface area (Å²) in [6, 6.07) is 16.5. The lowest BCUT2D eigenvalue weighted by Gasteiger charge is -2.10. The summed E-state index contributed by atoms with van der Waals surface area (Å²) in [6.07, 6.45) is 2.51. The fraction of sp³-hybridized carbons (Fsp3) is 0.154. The van der Waals surface area contributed by atoms with Crippen LogP contribution in [0.3, 0.4) is 0 Å². The highest BCUT2D eigenvalue weighted by Crippen LogP contribution is 2.36. The van der Waals surface area contributed by atoms with Crippen molar-refractivity contribution < 1.29 is 14.5 Å². The zero-order valence-corrected chi connectivity index (χ0v) is 22.4. The van der Waals surface area contributed by atoms with Crippen LogP contribution in [0.4, 0.5) is 11.4 Å². The van der Waals surface area contributed by atoms with Gasteiger partial charge in [-0.1, -0.05) is 52.7 Å². The number of halogens is 2. The Kier molecular flexibility index (Phi) is 8.49. The molecule has 1 N–H and O–H groups in total. The monoisotopic (exact) mass is 597 g/mol. The van der Waals surface area contributed by atoms with E-state index in [1.807, 2.05) is 6.92 Å². The van der Waals surface area contributed by atoms with Gasteiger partial charge in [-0.15, -0.1) is 0 Å². The van der Waals surface area contributed by atoms with E-state index in [1.165, 1.54) is 23.0 Å². The van der Waals surface area contributed by atoms with Crippen molar-refractivity contribution in [3.8, 4) is 5.75 Å². The van der Waals surface area contributed by atoms with Crippen LogP contribution in [0.25, 0.3) is 10.9 Å². The van der Waals surface area contributed by atoms with Gasteiger partial charge in [0.25, 0.3) is 11.5 Å². The van der Waals surface area contributed by atoms with Crippen molar-refractivity contribution >= 4 is 61.9 Å². The SMILES string of the molecule is CCCc1nc2ccc(Br)cc2c(=O)n1N=Cc1cc(Cl)c(OCC(=O)Nc2ccccc2)c([N+](=O)[O-])c1. The van der Waals surface area contributed by atoms with Crippen molar-refractivity contribution in [1.29, 1.82) is 0 Å². The van der Waals surface area contributed by atoms with Crippen LogP contribution in [0.1, 0.15) is 24.7 Å². The quantitative estimate of drug-likeness (QED) is 0.152. The first kappa shape index (κ1) is 27.0. The van der Waals surface area contributed by atoms with Gasteiger partial charge in [0.1, 0.15) is 5.82 Å². The summed E-state index contributed by atoms with van der Waals surface area (Å²) in [5.41, 5.74) is 0.534. The lowest BCUT2D eigenvalue weighted by molar-refractivity contribution is -0.385. The number of benzene rings is 3. The number of fused-ring (bicyclic) bond motifs is 1. The Morgan fingerprint density at radius 2 is 2.00 bits per heavy atom. The lowest BCUT2D eigenvalue weighted by Crippen LogP contribution is -2.22. The maximum Gasteiger partial charge on any atom is 0.313 e. The van der Waals surface area contributed by atoms with E-state index in [0.717, 1.165) is 10.9 Å². The number of nitro benzene ring substituents is 1. The van der Waals surface area contributed by atoms with Gasteiger partial charge in [0.2, 0.25) is 5.75 Å². The van der Waals surface area contributed by atoms with Crippen LogP contribution in [-0.4, -0.2) is 33.3 Å². The van der Waals surface area contributed by atoms with Crippen LogP contribution in [0.2, 0.25) is 5.02 Å². The number of nitro groups is 1. The predicted octanol–water partition coefficient (Wildman–Crippen LogP) is 5.57. The minimum atomic E-state index is -0.669. The molecule has 10 nitrogen and oxygen atoms in total. The Morgan fingerprint density at radius 3 is 2.71 bits per heavy atom. The number of rotatable bonds is 9. The van der Waals surface area contributed by atoms with E-state index in [-0.39, 0.29) is 21.9 Å². The van der Waals surface area contributed by atoms with Crippen molar-refractivity contribution in [3.63, 3.8) is 0 Å². The molecule has 0 saturated heterocycles. The van der Waals surface area contributed by atoms with Crippen molar-refractivity contribution in [2.45, 2.75) is 19.8 Å². The van der Waals surface area contributed by atoms with Gasteiger partial charge < -0.3 is 10.1 Å².